The number of carbonyl (C=O) groups excluding carboxylic acids is 2. The highest BCUT2D eigenvalue weighted by Gasteiger charge is 2.48. The molecule has 11 heteroatoms. The van der Waals surface area contributed by atoms with E-state index in [9.17, 15) is 14.7 Å². The highest BCUT2D eigenvalue weighted by Crippen LogP contribution is 2.44. The molecule has 1 aromatic heterocycles. The molecule has 1 aliphatic rings. The van der Waals surface area contributed by atoms with Gasteiger partial charge in [0.1, 0.15) is 17.3 Å². The number of amides is 1. The van der Waals surface area contributed by atoms with Crippen LogP contribution in [0.1, 0.15) is 29.7 Å². The van der Waals surface area contributed by atoms with Crippen LogP contribution in [0.4, 0.5) is 5.13 Å². The first-order valence-corrected chi connectivity index (χ1v) is 14.5. The van der Waals surface area contributed by atoms with Gasteiger partial charge in [0.25, 0.3) is 5.78 Å². The Hall–Kier alpha value is -3.86. The van der Waals surface area contributed by atoms with Gasteiger partial charge in [-0.3, -0.25) is 14.5 Å². The van der Waals surface area contributed by atoms with Crippen LogP contribution in [0.25, 0.3) is 5.76 Å². The third-order valence-electron chi connectivity index (χ3n) is 6.20. The second-order valence-corrected chi connectivity index (χ2v) is 11.2. The summed E-state index contributed by atoms with van der Waals surface area (Å²) in [5, 5.41) is 20.7. The quantitative estimate of drug-likeness (QED) is 0.0769. The molecular weight excluding hydrogens is 570 g/mol. The molecule has 2 heterocycles. The van der Waals surface area contributed by atoms with Crippen LogP contribution >= 0.6 is 34.7 Å². The van der Waals surface area contributed by atoms with E-state index >= 15 is 0 Å². The first-order chi connectivity index (χ1) is 19.4. The second-order valence-electron chi connectivity index (χ2n) is 8.63. The molecule has 3 aromatic carbocycles. The number of benzene rings is 3. The predicted molar refractivity (Wildman–Crippen MR) is 156 cm³/mol. The van der Waals surface area contributed by atoms with Crippen LogP contribution in [0.2, 0.25) is 5.02 Å². The van der Waals surface area contributed by atoms with Crippen molar-refractivity contribution in [3.05, 3.63) is 100 Å². The molecule has 0 aliphatic carbocycles. The van der Waals surface area contributed by atoms with Gasteiger partial charge in [0, 0.05) is 16.3 Å². The maximum atomic E-state index is 13.5. The lowest BCUT2D eigenvalue weighted by atomic mass is 9.95. The summed E-state index contributed by atoms with van der Waals surface area (Å²) in [4.78, 5) is 28.2. The Morgan fingerprint density at radius 3 is 2.55 bits per heavy atom. The molecule has 1 unspecified atom stereocenters. The van der Waals surface area contributed by atoms with Crippen molar-refractivity contribution < 1.29 is 24.2 Å². The molecule has 0 saturated carbocycles. The zero-order chi connectivity index (χ0) is 28.2. The summed E-state index contributed by atoms with van der Waals surface area (Å²) in [6.07, 6.45) is 0. The molecule has 1 saturated heterocycles. The lowest BCUT2D eigenvalue weighted by Crippen LogP contribution is -2.29. The Morgan fingerprint density at radius 2 is 1.82 bits per heavy atom. The number of methoxy groups -OCH3 is 1. The van der Waals surface area contributed by atoms with Gasteiger partial charge in [-0.05, 0) is 60.5 Å². The molecule has 1 atom stereocenters. The highest BCUT2D eigenvalue weighted by atomic mass is 35.5. The van der Waals surface area contributed by atoms with E-state index in [0.29, 0.717) is 44.3 Å². The van der Waals surface area contributed by atoms with E-state index in [1.54, 1.807) is 48.5 Å². The molecule has 5 rings (SSSR count). The monoisotopic (exact) mass is 593 g/mol. The third kappa shape index (κ3) is 5.56. The Morgan fingerprint density at radius 1 is 1.05 bits per heavy atom. The fourth-order valence-electron chi connectivity index (χ4n) is 4.30. The number of thioether (sulfide) groups is 1. The summed E-state index contributed by atoms with van der Waals surface area (Å²) in [7, 11) is 1.54. The van der Waals surface area contributed by atoms with E-state index in [-0.39, 0.29) is 16.5 Å². The number of anilines is 1. The van der Waals surface area contributed by atoms with E-state index in [4.69, 9.17) is 21.1 Å². The Labute approximate surface area is 244 Å². The van der Waals surface area contributed by atoms with Crippen LogP contribution in [0.5, 0.6) is 11.5 Å². The van der Waals surface area contributed by atoms with Crippen molar-refractivity contribution in [3.8, 4) is 11.5 Å². The standard InChI is InChI=1S/C29H24ClN3O5S2/c1-3-38-21-9-6-8-18(15-21)24-23(25(34)17-11-13-20(37-2)14-12-17)26(35)27(36)33(24)28-31-32-29(40-28)39-16-19-7-4-5-10-22(19)30/h4-15,24,34H,3,16H2,1-2H3/b25-23+. The van der Waals surface area contributed by atoms with Gasteiger partial charge in [0.2, 0.25) is 5.13 Å². The van der Waals surface area contributed by atoms with Gasteiger partial charge in [0.15, 0.2) is 4.34 Å². The number of ketones is 1. The number of hydrogen-bond acceptors (Lipinski definition) is 9. The largest absolute Gasteiger partial charge is 0.507 e. The van der Waals surface area contributed by atoms with Crippen LogP contribution in [-0.4, -0.2) is 40.7 Å². The van der Waals surface area contributed by atoms with Crippen molar-refractivity contribution in [2.24, 2.45) is 0 Å². The van der Waals surface area contributed by atoms with E-state index in [2.05, 4.69) is 10.2 Å². The molecule has 1 N–H and O–H groups in total. The van der Waals surface area contributed by atoms with Gasteiger partial charge in [-0.1, -0.05) is 65.0 Å². The SMILES string of the molecule is CCOc1cccc(C2/C(=C(\O)c3ccc(OC)cc3)C(=O)C(=O)N2c2nnc(SCc3ccccc3Cl)s2)c1. The van der Waals surface area contributed by atoms with Crippen molar-refractivity contribution >= 4 is 57.3 Å². The number of rotatable bonds is 9. The van der Waals surface area contributed by atoms with Gasteiger partial charge in [-0.2, -0.15) is 0 Å². The van der Waals surface area contributed by atoms with Crippen molar-refractivity contribution in [3.63, 3.8) is 0 Å². The second kappa shape index (κ2) is 12.1. The zero-order valence-corrected chi connectivity index (χ0v) is 23.9. The smallest absolute Gasteiger partial charge is 0.301 e. The van der Waals surface area contributed by atoms with E-state index in [0.717, 1.165) is 5.56 Å². The number of aliphatic hydroxyl groups is 1. The van der Waals surface area contributed by atoms with Crippen LogP contribution < -0.4 is 14.4 Å². The Bertz CT molecular complexity index is 1590. The summed E-state index contributed by atoms with van der Waals surface area (Å²) in [5.41, 5.74) is 1.85. The lowest BCUT2D eigenvalue weighted by Gasteiger charge is -2.23. The maximum Gasteiger partial charge on any atom is 0.301 e. The molecule has 0 radical (unpaired) electrons. The molecule has 4 aromatic rings. The molecule has 1 fully saturated rings. The number of aliphatic hydroxyl groups excluding tert-OH is 1. The molecule has 1 amide bonds. The fourth-order valence-corrected chi connectivity index (χ4v) is 6.46. The minimum absolute atomic E-state index is 0.0516. The van der Waals surface area contributed by atoms with Gasteiger partial charge in [0.05, 0.1) is 25.3 Å². The highest BCUT2D eigenvalue weighted by molar-refractivity contribution is 8.00. The number of nitrogens with zero attached hydrogens (tertiary/aromatic N) is 3. The van der Waals surface area contributed by atoms with Crippen molar-refractivity contribution in [2.75, 3.05) is 18.6 Å². The number of halogens is 1. The molecule has 0 bridgehead atoms. The lowest BCUT2D eigenvalue weighted by molar-refractivity contribution is -0.132. The molecular formula is C29H24ClN3O5S2. The molecule has 204 valence electrons. The normalized spacial score (nSPS) is 16.4. The number of aromatic nitrogens is 2. The van der Waals surface area contributed by atoms with Crippen LogP contribution in [-0.2, 0) is 15.3 Å². The number of hydrogen-bond donors (Lipinski definition) is 1. The van der Waals surface area contributed by atoms with Crippen LogP contribution in [0.15, 0.2) is 82.7 Å². The summed E-state index contributed by atoms with van der Waals surface area (Å²) in [6.45, 7) is 2.31. The van der Waals surface area contributed by atoms with E-state index < -0.39 is 17.7 Å². The van der Waals surface area contributed by atoms with Crippen molar-refractivity contribution in [1.82, 2.24) is 10.2 Å². The molecule has 1 aliphatic heterocycles. The topological polar surface area (TPSA) is 102 Å². The summed E-state index contributed by atoms with van der Waals surface area (Å²) < 4.78 is 11.5. The molecule has 8 nitrogen and oxygen atoms in total. The number of Topliss-reactive ketones (excluding diaryl/α,β-unsaturated/α-hetero) is 1. The van der Waals surface area contributed by atoms with Crippen molar-refractivity contribution in [1.29, 1.82) is 0 Å². The Kier molecular flexibility index (Phi) is 8.39. The van der Waals surface area contributed by atoms with Crippen molar-refractivity contribution in [2.45, 2.75) is 23.1 Å². The summed E-state index contributed by atoms with van der Waals surface area (Å²) in [6, 6.07) is 20.3. The minimum atomic E-state index is -0.947. The molecule has 40 heavy (non-hydrogen) atoms. The predicted octanol–water partition coefficient (Wildman–Crippen LogP) is 6.52. The van der Waals surface area contributed by atoms with Gasteiger partial charge < -0.3 is 14.6 Å². The summed E-state index contributed by atoms with van der Waals surface area (Å²) >= 11 is 8.90. The van der Waals surface area contributed by atoms with Crippen LogP contribution in [0, 0.1) is 0 Å². The first kappa shape index (κ1) is 27.7. The summed E-state index contributed by atoms with van der Waals surface area (Å²) in [5.74, 6) is -0.198. The van der Waals surface area contributed by atoms with Crippen LogP contribution in [0.3, 0.4) is 0 Å². The average molecular weight is 594 g/mol. The maximum absolute atomic E-state index is 13.5. The fraction of sp³-hybridized carbons (Fsp3) is 0.172. The van der Waals surface area contributed by atoms with E-state index in [1.807, 2.05) is 31.2 Å². The zero-order valence-electron chi connectivity index (χ0n) is 21.5. The van der Waals surface area contributed by atoms with Gasteiger partial charge in [-0.25, -0.2) is 0 Å². The third-order valence-corrected chi connectivity index (χ3v) is 8.68. The first-order valence-electron chi connectivity index (χ1n) is 12.3. The Balaban J connectivity index is 1.55. The minimum Gasteiger partial charge on any atom is -0.507 e. The average Bonchev–Trinajstić information content (AvgIpc) is 3.54. The van der Waals surface area contributed by atoms with E-state index in [1.165, 1.54) is 35.1 Å². The molecule has 0 spiro atoms. The number of carbonyl (C=O) groups is 2. The number of ether oxygens (including phenoxy) is 2. The van der Waals surface area contributed by atoms with Gasteiger partial charge >= 0.3 is 5.91 Å². The van der Waals surface area contributed by atoms with Gasteiger partial charge in [-0.15, -0.1) is 10.2 Å².